The molecule has 2 N–H and O–H groups in total. The van der Waals surface area contributed by atoms with E-state index < -0.39 is 7.12 Å². The highest BCUT2D eigenvalue weighted by molar-refractivity contribution is 6.48. The number of rotatable bonds is 4. The average Bonchev–Trinajstić information content (AvgIpc) is 2.85. The van der Waals surface area contributed by atoms with Crippen LogP contribution in [0.3, 0.4) is 0 Å². The van der Waals surface area contributed by atoms with Gasteiger partial charge in [0.2, 0.25) is 0 Å². The van der Waals surface area contributed by atoms with Crippen molar-refractivity contribution < 1.29 is 18.8 Å². The molecule has 2 aliphatic rings. The van der Waals surface area contributed by atoms with E-state index >= 15 is 0 Å². The predicted octanol–water partition coefficient (Wildman–Crippen LogP) is 7.38. The molecular formula is C28H32BClF2O2. The molecule has 2 aromatic carbocycles. The van der Waals surface area contributed by atoms with Crippen molar-refractivity contribution in [2.75, 3.05) is 0 Å². The summed E-state index contributed by atoms with van der Waals surface area (Å²) in [5.41, 5.74) is 1.79. The van der Waals surface area contributed by atoms with Crippen LogP contribution in [-0.4, -0.2) is 22.5 Å². The zero-order valence-corrected chi connectivity index (χ0v) is 20.0. The summed E-state index contributed by atoms with van der Waals surface area (Å²) in [5.74, 6) is 1.28. The maximum atomic E-state index is 12.6. The van der Waals surface area contributed by atoms with Gasteiger partial charge in [0.1, 0.15) is 11.6 Å². The third-order valence-corrected chi connectivity index (χ3v) is 5.59. The quantitative estimate of drug-likeness (QED) is 0.270. The van der Waals surface area contributed by atoms with Crippen LogP contribution in [0.4, 0.5) is 8.78 Å². The summed E-state index contributed by atoms with van der Waals surface area (Å²) in [6, 6.07) is 12.3. The van der Waals surface area contributed by atoms with Gasteiger partial charge in [-0.3, -0.25) is 0 Å². The zero-order chi connectivity index (χ0) is 24.6. The Hall–Kier alpha value is -2.47. The van der Waals surface area contributed by atoms with E-state index in [0.29, 0.717) is 11.3 Å². The summed E-state index contributed by atoms with van der Waals surface area (Å²) in [7, 11) is -1.46. The van der Waals surface area contributed by atoms with Gasteiger partial charge >= 0.3 is 7.12 Å². The SMILES string of the molecule is ClC1C=CCCC1.Fc1ccc(/C=C/[C@H]2C=CCCC2)cc1.OB(O)/C=C/c1ccc(F)cc1. The minimum Gasteiger partial charge on any atom is -0.424 e. The molecular weight excluding hydrogens is 453 g/mol. The molecule has 2 nitrogen and oxygen atoms in total. The second kappa shape index (κ2) is 16.2. The lowest BCUT2D eigenvalue weighted by Gasteiger charge is -2.11. The Morgan fingerprint density at radius 3 is 1.71 bits per heavy atom. The van der Waals surface area contributed by atoms with Gasteiger partial charge in [-0.05, 0) is 79.8 Å². The van der Waals surface area contributed by atoms with Crippen molar-refractivity contribution in [1.82, 2.24) is 0 Å². The lowest BCUT2D eigenvalue weighted by Crippen LogP contribution is -2.05. The highest BCUT2D eigenvalue weighted by Gasteiger charge is 2.03. The molecule has 0 heterocycles. The predicted molar refractivity (Wildman–Crippen MR) is 140 cm³/mol. The van der Waals surface area contributed by atoms with Gasteiger partial charge in [-0.1, -0.05) is 72.8 Å². The zero-order valence-electron chi connectivity index (χ0n) is 19.2. The van der Waals surface area contributed by atoms with Gasteiger partial charge in [-0.15, -0.1) is 11.6 Å². The molecule has 2 atom stereocenters. The Balaban J connectivity index is 0.000000192. The first-order valence-electron chi connectivity index (χ1n) is 11.6. The fraction of sp³-hybridized carbons (Fsp3) is 0.286. The Kier molecular flexibility index (Phi) is 13.2. The summed E-state index contributed by atoms with van der Waals surface area (Å²) in [6.45, 7) is 0. The fourth-order valence-corrected chi connectivity index (χ4v) is 3.61. The van der Waals surface area contributed by atoms with E-state index in [1.807, 2.05) is 0 Å². The molecule has 0 fully saturated rings. The normalized spacial score (nSPS) is 19.3. The first kappa shape index (κ1) is 27.8. The van der Waals surface area contributed by atoms with Crippen LogP contribution in [0.2, 0.25) is 0 Å². The highest BCUT2D eigenvalue weighted by atomic mass is 35.5. The van der Waals surface area contributed by atoms with Gasteiger partial charge in [-0.2, -0.15) is 0 Å². The van der Waals surface area contributed by atoms with Crippen molar-refractivity contribution in [1.29, 1.82) is 0 Å². The monoisotopic (exact) mass is 484 g/mol. The van der Waals surface area contributed by atoms with Crippen molar-refractivity contribution >= 4 is 30.9 Å². The number of halogens is 3. The van der Waals surface area contributed by atoms with Gasteiger partial charge in [0.05, 0.1) is 5.38 Å². The van der Waals surface area contributed by atoms with Crippen LogP contribution < -0.4 is 0 Å². The molecule has 1 unspecified atom stereocenters. The van der Waals surface area contributed by atoms with E-state index in [1.54, 1.807) is 24.3 Å². The largest absolute Gasteiger partial charge is 0.480 e. The minimum atomic E-state index is -1.46. The molecule has 0 spiro atoms. The molecule has 0 saturated carbocycles. The Morgan fingerprint density at radius 2 is 1.29 bits per heavy atom. The van der Waals surface area contributed by atoms with E-state index in [1.165, 1.54) is 68.4 Å². The number of alkyl halides is 1. The number of hydrogen-bond donors (Lipinski definition) is 2. The van der Waals surface area contributed by atoms with Crippen molar-refractivity contribution in [2.24, 2.45) is 5.92 Å². The van der Waals surface area contributed by atoms with Crippen LogP contribution in [-0.2, 0) is 0 Å². The molecule has 0 amide bonds. The third-order valence-electron chi connectivity index (χ3n) is 5.22. The molecule has 34 heavy (non-hydrogen) atoms. The number of allylic oxidation sites excluding steroid dienone is 5. The first-order valence-corrected chi connectivity index (χ1v) is 12.1. The van der Waals surface area contributed by atoms with Crippen LogP contribution >= 0.6 is 11.6 Å². The van der Waals surface area contributed by atoms with Crippen LogP contribution in [0, 0.1) is 17.6 Å². The molecule has 0 aromatic heterocycles. The maximum absolute atomic E-state index is 12.6. The molecule has 180 valence electrons. The molecule has 2 aliphatic carbocycles. The second-order valence-corrected chi connectivity index (χ2v) is 8.69. The van der Waals surface area contributed by atoms with Gasteiger partial charge in [0.25, 0.3) is 0 Å². The minimum absolute atomic E-state index is 0.176. The van der Waals surface area contributed by atoms with Crippen molar-refractivity contribution in [3.05, 3.63) is 108 Å². The number of hydrogen-bond acceptors (Lipinski definition) is 2. The lowest BCUT2D eigenvalue weighted by atomic mass is 9.91. The van der Waals surface area contributed by atoms with Gasteiger partial charge < -0.3 is 10.0 Å². The summed E-state index contributed by atoms with van der Waals surface area (Å²) < 4.78 is 25.0. The highest BCUT2D eigenvalue weighted by Crippen LogP contribution is 2.19. The molecule has 0 aliphatic heterocycles. The fourth-order valence-electron chi connectivity index (χ4n) is 3.35. The van der Waals surface area contributed by atoms with E-state index in [-0.39, 0.29) is 11.6 Å². The van der Waals surface area contributed by atoms with Crippen molar-refractivity contribution in [2.45, 2.75) is 43.9 Å². The van der Waals surface area contributed by atoms with Crippen LogP contribution in [0.15, 0.2) is 84.9 Å². The Labute approximate surface area is 207 Å². The van der Waals surface area contributed by atoms with E-state index in [0.717, 1.165) is 17.5 Å². The summed E-state index contributed by atoms with van der Waals surface area (Å²) in [5, 5.41) is 17.3. The topological polar surface area (TPSA) is 40.5 Å². The van der Waals surface area contributed by atoms with Crippen LogP contribution in [0.1, 0.15) is 49.7 Å². The Morgan fingerprint density at radius 1 is 0.765 bits per heavy atom. The molecule has 6 heteroatoms. The summed E-state index contributed by atoms with van der Waals surface area (Å²) >= 11 is 5.73. The van der Waals surface area contributed by atoms with Crippen LogP contribution in [0.5, 0.6) is 0 Å². The second-order valence-electron chi connectivity index (χ2n) is 8.13. The van der Waals surface area contributed by atoms with Gasteiger partial charge in [-0.25, -0.2) is 8.78 Å². The van der Waals surface area contributed by atoms with Crippen LogP contribution in [0.25, 0.3) is 12.2 Å². The molecule has 2 aromatic rings. The molecule has 0 saturated heterocycles. The van der Waals surface area contributed by atoms with E-state index in [9.17, 15) is 8.78 Å². The number of benzene rings is 2. The third kappa shape index (κ3) is 12.7. The molecule has 0 radical (unpaired) electrons. The van der Waals surface area contributed by atoms with Crippen molar-refractivity contribution in [3.8, 4) is 0 Å². The van der Waals surface area contributed by atoms with E-state index in [4.69, 9.17) is 21.6 Å². The maximum Gasteiger partial charge on any atom is 0.480 e. The smallest absolute Gasteiger partial charge is 0.424 e. The van der Waals surface area contributed by atoms with Crippen molar-refractivity contribution in [3.63, 3.8) is 0 Å². The average molecular weight is 485 g/mol. The summed E-state index contributed by atoms with van der Waals surface area (Å²) in [6.07, 6.45) is 21.9. The lowest BCUT2D eigenvalue weighted by molar-refractivity contribution is 0.424. The van der Waals surface area contributed by atoms with Gasteiger partial charge in [0.15, 0.2) is 0 Å². The standard InChI is InChI=1S/C14H15F.C8H8BFO2.C6H9Cl/c15-14-10-8-13(9-11-14)7-6-12-4-2-1-3-5-12;10-8-3-1-7(2-4-8)5-6-9(11)12;7-6-4-2-1-3-5-6/h2,4,6-12H,1,3,5H2;1-6,11-12H;2,4,6H,1,3,5H2/b7-6+;6-5+;/t12-;;/m0../s1. The molecule has 0 bridgehead atoms. The van der Waals surface area contributed by atoms with E-state index in [2.05, 4.69) is 36.5 Å². The first-order chi connectivity index (χ1) is 16.4. The Bertz CT molecular complexity index is 938. The van der Waals surface area contributed by atoms with Gasteiger partial charge in [0, 0.05) is 0 Å². The summed E-state index contributed by atoms with van der Waals surface area (Å²) in [4.78, 5) is 0. The molecule has 4 rings (SSSR count).